The number of hydrogen-bond donors (Lipinski definition) is 0. The average Bonchev–Trinajstić information content (AvgIpc) is 2.62. The number of carbonyl (C=O) groups excluding carboxylic acids is 1. The van der Waals surface area contributed by atoms with Crippen molar-refractivity contribution in [3.05, 3.63) is 23.0 Å². The SMILES string of the molecule is Cc1cc(C(=O)N2CC(C)OC(C)C2)c(C)n1C(C)C. The van der Waals surface area contributed by atoms with Crippen molar-refractivity contribution in [3.8, 4) is 0 Å². The Morgan fingerprint density at radius 3 is 2.25 bits per heavy atom. The summed E-state index contributed by atoms with van der Waals surface area (Å²) in [6.45, 7) is 13.8. The molecule has 0 saturated carbocycles. The zero-order chi connectivity index (χ0) is 15.0. The van der Waals surface area contributed by atoms with Gasteiger partial charge in [0.1, 0.15) is 0 Å². The van der Waals surface area contributed by atoms with E-state index >= 15 is 0 Å². The lowest BCUT2D eigenvalue weighted by Gasteiger charge is -2.35. The Labute approximate surface area is 121 Å². The molecule has 2 heterocycles. The van der Waals surface area contributed by atoms with Crippen molar-refractivity contribution in [1.82, 2.24) is 9.47 Å². The standard InChI is InChI=1S/C16H26N2O2/c1-10(2)18-11(3)7-15(14(18)6)16(19)17-8-12(4)20-13(5)9-17/h7,10,12-13H,8-9H2,1-6H3. The van der Waals surface area contributed by atoms with Crippen LogP contribution in [0.2, 0.25) is 0 Å². The predicted octanol–water partition coefficient (Wildman–Crippen LogP) is 2.94. The Morgan fingerprint density at radius 2 is 1.80 bits per heavy atom. The maximum Gasteiger partial charge on any atom is 0.255 e. The molecule has 2 rings (SSSR count). The van der Waals surface area contributed by atoms with Gasteiger partial charge in [0.05, 0.1) is 17.8 Å². The van der Waals surface area contributed by atoms with Crippen molar-refractivity contribution < 1.29 is 9.53 Å². The molecule has 0 spiro atoms. The van der Waals surface area contributed by atoms with Crippen molar-refractivity contribution in [3.63, 3.8) is 0 Å². The Kier molecular flexibility index (Phi) is 4.23. The van der Waals surface area contributed by atoms with Crippen LogP contribution in [0, 0.1) is 13.8 Å². The van der Waals surface area contributed by atoms with Gasteiger partial charge >= 0.3 is 0 Å². The third kappa shape index (κ3) is 2.75. The van der Waals surface area contributed by atoms with Gasteiger partial charge in [-0.2, -0.15) is 0 Å². The van der Waals surface area contributed by atoms with Crippen molar-refractivity contribution >= 4 is 5.91 Å². The van der Waals surface area contributed by atoms with E-state index < -0.39 is 0 Å². The number of nitrogens with zero attached hydrogens (tertiary/aromatic N) is 2. The van der Waals surface area contributed by atoms with E-state index in [1.165, 1.54) is 0 Å². The Morgan fingerprint density at radius 1 is 1.25 bits per heavy atom. The fourth-order valence-electron chi connectivity index (χ4n) is 3.30. The van der Waals surface area contributed by atoms with E-state index in [1.807, 2.05) is 31.7 Å². The molecule has 4 heteroatoms. The van der Waals surface area contributed by atoms with E-state index in [9.17, 15) is 4.79 Å². The van der Waals surface area contributed by atoms with E-state index in [0.29, 0.717) is 19.1 Å². The van der Waals surface area contributed by atoms with E-state index in [1.54, 1.807) is 0 Å². The lowest BCUT2D eigenvalue weighted by molar-refractivity contribution is -0.0586. The number of amides is 1. The maximum atomic E-state index is 12.8. The van der Waals surface area contributed by atoms with E-state index in [0.717, 1.165) is 17.0 Å². The molecule has 1 aromatic heterocycles. The molecule has 2 atom stereocenters. The molecule has 0 N–H and O–H groups in total. The number of hydrogen-bond acceptors (Lipinski definition) is 2. The first-order valence-corrected chi connectivity index (χ1v) is 7.44. The van der Waals surface area contributed by atoms with Gasteiger partial charge in [-0.1, -0.05) is 0 Å². The van der Waals surface area contributed by atoms with Crippen LogP contribution in [0.5, 0.6) is 0 Å². The van der Waals surface area contributed by atoms with Crippen molar-refractivity contribution in [2.24, 2.45) is 0 Å². The van der Waals surface area contributed by atoms with E-state index in [2.05, 4.69) is 25.3 Å². The minimum absolute atomic E-state index is 0.108. The molecular formula is C16H26N2O2. The molecule has 1 aliphatic rings. The summed E-state index contributed by atoms with van der Waals surface area (Å²) in [5, 5.41) is 0. The zero-order valence-corrected chi connectivity index (χ0v) is 13.4. The Bertz CT molecular complexity index is 495. The number of aryl methyl sites for hydroxylation is 1. The summed E-state index contributed by atoms with van der Waals surface area (Å²) in [5.74, 6) is 0.131. The fourth-order valence-corrected chi connectivity index (χ4v) is 3.30. The molecule has 2 unspecified atom stereocenters. The van der Waals surface area contributed by atoms with Gasteiger partial charge in [0.2, 0.25) is 0 Å². The number of ether oxygens (including phenoxy) is 1. The summed E-state index contributed by atoms with van der Waals surface area (Å²) in [6, 6.07) is 2.39. The second kappa shape index (κ2) is 5.60. The highest BCUT2D eigenvalue weighted by Gasteiger charge is 2.28. The average molecular weight is 278 g/mol. The summed E-state index contributed by atoms with van der Waals surface area (Å²) in [5.41, 5.74) is 3.04. The molecule has 1 saturated heterocycles. The van der Waals surface area contributed by atoms with Gasteiger partial charge in [0.25, 0.3) is 5.91 Å². The van der Waals surface area contributed by atoms with Gasteiger partial charge in [-0.05, 0) is 47.6 Å². The van der Waals surface area contributed by atoms with Crippen LogP contribution in [0.25, 0.3) is 0 Å². The largest absolute Gasteiger partial charge is 0.372 e. The summed E-state index contributed by atoms with van der Waals surface area (Å²) < 4.78 is 7.92. The molecule has 20 heavy (non-hydrogen) atoms. The molecule has 1 aromatic rings. The lowest BCUT2D eigenvalue weighted by atomic mass is 10.1. The van der Waals surface area contributed by atoms with Crippen molar-refractivity contribution in [1.29, 1.82) is 0 Å². The minimum Gasteiger partial charge on any atom is -0.372 e. The predicted molar refractivity (Wildman–Crippen MR) is 80.2 cm³/mol. The highest BCUT2D eigenvalue weighted by Crippen LogP contribution is 2.23. The number of morpholine rings is 1. The fraction of sp³-hybridized carbons (Fsp3) is 0.688. The Balaban J connectivity index is 2.27. The lowest BCUT2D eigenvalue weighted by Crippen LogP contribution is -2.48. The third-order valence-corrected chi connectivity index (χ3v) is 3.94. The van der Waals surface area contributed by atoms with Crippen LogP contribution in [-0.2, 0) is 4.74 Å². The summed E-state index contributed by atoms with van der Waals surface area (Å²) in [4.78, 5) is 14.7. The van der Waals surface area contributed by atoms with Crippen LogP contribution in [0.4, 0.5) is 0 Å². The first kappa shape index (κ1) is 15.1. The minimum atomic E-state index is 0.108. The van der Waals surface area contributed by atoms with Crippen LogP contribution in [0.3, 0.4) is 0 Å². The van der Waals surface area contributed by atoms with Gasteiger partial charge in [0, 0.05) is 30.5 Å². The quantitative estimate of drug-likeness (QED) is 0.833. The van der Waals surface area contributed by atoms with Gasteiger partial charge < -0.3 is 14.2 Å². The van der Waals surface area contributed by atoms with Gasteiger partial charge in [-0.3, -0.25) is 4.79 Å². The topological polar surface area (TPSA) is 34.5 Å². The monoisotopic (exact) mass is 278 g/mol. The molecule has 0 aromatic carbocycles. The molecule has 112 valence electrons. The van der Waals surface area contributed by atoms with Crippen LogP contribution in [-0.4, -0.2) is 40.7 Å². The van der Waals surface area contributed by atoms with Gasteiger partial charge in [0.15, 0.2) is 0 Å². The molecule has 1 aliphatic heterocycles. The first-order valence-electron chi connectivity index (χ1n) is 7.44. The normalized spacial score (nSPS) is 23.4. The summed E-state index contributed by atoms with van der Waals surface area (Å²) in [7, 11) is 0. The molecule has 4 nitrogen and oxygen atoms in total. The molecule has 0 radical (unpaired) electrons. The van der Waals surface area contributed by atoms with Gasteiger partial charge in [-0.25, -0.2) is 0 Å². The smallest absolute Gasteiger partial charge is 0.255 e. The molecule has 1 fully saturated rings. The number of rotatable bonds is 2. The highest BCUT2D eigenvalue weighted by atomic mass is 16.5. The van der Waals surface area contributed by atoms with Crippen LogP contribution in [0.1, 0.15) is 55.5 Å². The summed E-state index contributed by atoms with van der Waals surface area (Å²) in [6.07, 6.45) is 0.215. The van der Waals surface area contributed by atoms with E-state index in [-0.39, 0.29) is 18.1 Å². The number of carbonyl (C=O) groups is 1. The zero-order valence-electron chi connectivity index (χ0n) is 13.4. The second-order valence-electron chi connectivity index (χ2n) is 6.22. The molecular weight excluding hydrogens is 252 g/mol. The third-order valence-electron chi connectivity index (χ3n) is 3.94. The van der Waals surface area contributed by atoms with Gasteiger partial charge in [-0.15, -0.1) is 0 Å². The molecule has 0 bridgehead atoms. The first-order chi connectivity index (χ1) is 9.31. The maximum absolute atomic E-state index is 12.8. The van der Waals surface area contributed by atoms with Crippen LogP contribution >= 0.6 is 0 Å². The second-order valence-corrected chi connectivity index (χ2v) is 6.22. The molecule has 1 amide bonds. The van der Waals surface area contributed by atoms with E-state index in [4.69, 9.17) is 4.74 Å². The van der Waals surface area contributed by atoms with Crippen molar-refractivity contribution in [2.75, 3.05) is 13.1 Å². The highest BCUT2D eigenvalue weighted by molar-refractivity contribution is 5.95. The van der Waals surface area contributed by atoms with Crippen LogP contribution in [0.15, 0.2) is 6.07 Å². The van der Waals surface area contributed by atoms with Crippen LogP contribution < -0.4 is 0 Å². The number of aromatic nitrogens is 1. The molecule has 0 aliphatic carbocycles. The summed E-state index contributed by atoms with van der Waals surface area (Å²) >= 11 is 0. The van der Waals surface area contributed by atoms with Crippen molar-refractivity contribution in [2.45, 2.75) is 59.8 Å². The Hall–Kier alpha value is -1.29.